The van der Waals surface area contributed by atoms with E-state index in [4.69, 9.17) is 15.2 Å². The zero-order chi connectivity index (χ0) is 16.5. The van der Waals surface area contributed by atoms with Gasteiger partial charge in [-0.1, -0.05) is 13.8 Å². The summed E-state index contributed by atoms with van der Waals surface area (Å²) in [6, 6.07) is 3.34. The largest absolute Gasteiger partial charge is 0.494 e. The Hall–Kier alpha value is -1.99. The molecule has 0 aromatic carbocycles. The Morgan fingerprint density at radius 2 is 2.09 bits per heavy atom. The molecule has 0 saturated heterocycles. The van der Waals surface area contributed by atoms with E-state index >= 15 is 0 Å². The summed E-state index contributed by atoms with van der Waals surface area (Å²) >= 11 is 0. The van der Waals surface area contributed by atoms with Crippen LogP contribution in [0.2, 0.25) is 0 Å². The lowest BCUT2D eigenvalue weighted by atomic mass is 10.1. The van der Waals surface area contributed by atoms with Crippen LogP contribution in [-0.4, -0.2) is 37.1 Å². The maximum atomic E-state index is 12.0. The van der Waals surface area contributed by atoms with Crippen molar-refractivity contribution < 1.29 is 19.1 Å². The number of rotatable bonds is 8. The van der Waals surface area contributed by atoms with Crippen molar-refractivity contribution in [3.63, 3.8) is 0 Å². The van der Waals surface area contributed by atoms with E-state index in [-0.39, 0.29) is 18.0 Å². The molecule has 1 rings (SSSR count). The molecule has 1 aromatic rings. The molecule has 7 nitrogen and oxygen atoms in total. The molecule has 0 aliphatic heterocycles. The fourth-order valence-electron chi connectivity index (χ4n) is 1.63. The Labute approximate surface area is 130 Å². The fourth-order valence-corrected chi connectivity index (χ4v) is 1.63. The van der Waals surface area contributed by atoms with Crippen LogP contribution in [0.3, 0.4) is 0 Å². The zero-order valence-corrected chi connectivity index (χ0v) is 13.2. The minimum absolute atomic E-state index is 0.0364. The summed E-state index contributed by atoms with van der Waals surface area (Å²) in [6.07, 6.45) is 0.953. The van der Waals surface area contributed by atoms with Crippen molar-refractivity contribution in [1.82, 2.24) is 10.3 Å². The first-order valence-corrected chi connectivity index (χ1v) is 7.13. The van der Waals surface area contributed by atoms with Crippen LogP contribution in [0.15, 0.2) is 12.1 Å². The van der Waals surface area contributed by atoms with Crippen LogP contribution in [0.25, 0.3) is 0 Å². The number of imide groups is 1. The third-order valence-corrected chi connectivity index (χ3v) is 2.88. The summed E-state index contributed by atoms with van der Waals surface area (Å²) in [4.78, 5) is 27.4. The number of hydrogen-bond donors (Lipinski definition) is 2. The standard InChI is InChI=1S/C15H23N3O4/c1-10(2)6-7-22-9-11-4-5-12(21-3)14(17-11)15(20)18-13(19)8-16/h4-5,10H,6-9,16H2,1-3H3,(H,18,19,20). The highest BCUT2D eigenvalue weighted by Gasteiger charge is 2.17. The second-order valence-electron chi connectivity index (χ2n) is 5.17. The molecule has 1 aromatic heterocycles. The average Bonchev–Trinajstić information content (AvgIpc) is 2.50. The quantitative estimate of drug-likeness (QED) is 0.691. The average molecular weight is 309 g/mol. The van der Waals surface area contributed by atoms with Crippen molar-refractivity contribution in [2.75, 3.05) is 20.3 Å². The Morgan fingerprint density at radius 1 is 1.36 bits per heavy atom. The maximum absolute atomic E-state index is 12.0. The van der Waals surface area contributed by atoms with Crippen LogP contribution >= 0.6 is 0 Å². The molecule has 122 valence electrons. The topological polar surface area (TPSA) is 104 Å². The molecule has 0 unspecified atom stereocenters. The summed E-state index contributed by atoms with van der Waals surface area (Å²) in [5.74, 6) is -0.371. The molecule has 0 saturated carbocycles. The number of carbonyl (C=O) groups is 2. The van der Waals surface area contributed by atoms with E-state index in [9.17, 15) is 9.59 Å². The highest BCUT2D eigenvalue weighted by atomic mass is 16.5. The molecule has 0 aliphatic carbocycles. The van der Waals surface area contributed by atoms with Gasteiger partial charge < -0.3 is 15.2 Å². The van der Waals surface area contributed by atoms with E-state index < -0.39 is 11.8 Å². The second-order valence-corrected chi connectivity index (χ2v) is 5.17. The van der Waals surface area contributed by atoms with E-state index in [2.05, 4.69) is 24.1 Å². The lowest BCUT2D eigenvalue weighted by molar-refractivity contribution is -0.118. The summed E-state index contributed by atoms with van der Waals surface area (Å²) in [7, 11) is 1.43. The number of methoxy groups -OCH3 is 1. The number of nitrogens with zero attached hydrogens (tertiary/aromatic N) is 1. The number of carbonyl (C=O) groups excluding carboxylic acids is 2. The summed E-state index contributed by atoms with van der Waals surface area (Å²) < 4.78 is 10.6. The number of amides is 2. The molecule has 0 bridgehead atoms. The predicted octanol–water partition coefficient (Wildman–Crippen LogP) is 0.868. The number of hydrogen-bond acceptors (Lipinski definition) is 6. The van der Waals surface area contributed by atoms with Crippen molar-refractivity contribution in [3.05, 3.63) is 23.5 Å². The van der Waals surface area contributed by atoms with Crippen molar-refractivity contribution in [2.45, 2.75) is 26.9 Å². The van der Waals surface area contributed by atoms with Crippen molar-refractivity contribution >= 4 is 11.8 Å². The Balaban J connectivity index is 2.75. The third-order valence-electron chi connectivity index (χ3n) is 2.88. The zero-order valence-electron chi connectivity index (χ0n) is 13.2. The lowest BCUT2D eigenvalue weighted by Gasteiger charge is -2.10. The number of nitrogens with two attached hydrogens (primary N) is 1. The molecule has 7 heteroatoms. The van der Waals surface area contributed by atoms with Gasteiger partial charge >= 0.3 is 0 Å². The highest BCUT2D eigenvalue weighted by Crippen LogP contribution is 2.17. The minimum Gasteiger partial charge on any atom is -0.494 e. The van der Waals surface area contributed by atoms with Crippen LogP contribution in [0.1, 0.15) is 36.5 Å². The van der Waals surface area contributed by atoms with Crippen LogP contribution in [0.5, 0.6) is 5.75 Å². The van der Waals surface area contributed by atoms with Crippen LogP contribution in [-0.2, 0) is 16.1 Å². The van der Waals surface area contributed by atoms with Gasteiger partial charge in [-0.3, -0.25) is 14.9 Å². The first kappa shape index (κ1) is 18.1. The second kappa shape index (κ2) is 9.11. The molecule has 0 aliphatic rings. The SMILES string of the molecule is COc1ccc(COCCC(C)C)nc1C(=O)NC(=O)CN. The van der Waals surface area contributed by atoms with Gasteiger partial charge in [0, 0.05) is 6.61 Å². The molecule has 22 heavy (non-hydrogen) atoms. The van der Waals surface area contributed by atoms with Crippen LogP contribution in [0.4, 0.5) is 0 Å². The van der Waals surface area contributed by atoms with Gasteiger partial charge in [-0.25, -0.2) is 4.98 Å². The van der Waals surface area contributed by atoms with Gasteiger partial charge in [0.1, 0.15) is 5.75 Å². The molecule has 0 spiro atoms. The molecular weight excluding hydrogens is 286 g/mol. The Bertz CT molecular complexity index is 518. The summed E-state index contributed by atoms with van der Waals surface area (Å²) in [5, 5.41) is 2.14. The van der Waals surface area contributed by atoms with Crippen molar-refractivity contribution in [2.24, 2.45) is 11.7 Å². The van der Waals surface area contributed by atoms with E-state index in [1.165, 1.54) is 7.11 Å². The first-order chi connectivity index (χ1) is 10.5. The maximum Gasteiger partial charge on any atom is 0.280 e. The van der Waals surface area contributed by atoms with E-state index in [0.717, 1.165) is 6.42 Å². The lowest BCUT2D eigenvalue weighted by Crippen LogP contribution is -2.36. The van der Waals surface area contributed by atoms with Gasteiger partial charge in [0.25, 0.3) is 5.91 Å². The van der Waals surface area contributed by atoms with E-state index in [1.807, 2.05) is 0 Å². The smallest absolute Gasteiger partial charge is 0.280 e. The Morgan fingerprint density at radius 3 is 2.68 bits per heavy atom. The molecule has 0 fully saturated rings. The minimum atomic E-state index is -0.642. The van der Waals surface area contributed by atoms with E-state index in [1.54, 1.807) is 12.1 Å². The number of ether oxygens (including phenoxy) is 2. The molecule has 0 radical (unpaired) electrons. The molecule has 3 N–H and O–H groups in total. The van der Waals surface area contributed by atoms with Gasteiger partial charge in [-0.2, -0.15) is 0 Å². The number of aromatic nitrogens is 1. The van der Waals surface area contributed by atoms with Gasteiger partial charge in [0.15, 0.2) is 5.69 Å². The van der Waals surface area contributed by atoms with Gasteiger partial charge in [-0.05, 0) is 24.5 Å². The van der Waals surface area contributed by atoms with Crippen molar-refractivity contribution in [1.29, 1.82) is 0 Å². The molecule has 2 amide bonds. The highest BCUT2D eigenvalue weighted by molar-refractivity contribution is 6.05. The van der Waals surface area contributed by atoms with Crippen molar-refractivity contribution in [3.8, 4) is 5.75 Å². The number of nitrogens with one attached hydrogen (secondary N) is 1. The molecule has 1 heterocycles. The number of pyridine rings is 1. The monoisotopic (exact) mass is 309 g/mol. The molecule has 0 atom stereocenters. The molecular formula is C15H23N3O4. The fraction of sp³-hybridized carbons (Fsp3) is 0.533. The van der Waals surface area contributed by atoms with Crippen LogP contribution < -0.4 is 15.8 Å². The van der Waals surface area contributed by atoms with Gasteiger partial charge in [-0.15, -0.1) is 0 Å². The van der Waals surface area contributed by atoms with Gasteiger partial charge in [0.2, 0.25) is 5.91 Å². The summed E-state index contributed by atoms with van der Waals surface area (Å²) in [6.45, 7) is 4.88. The van der Waals surface area contributed by atoms with Gasteiger partial charge in [0.05, 0.1) is 26.0 Å². The predicted molar refractivity (Wildman–Crippen MR) is 81.4 cm³/mol. The van der Waals surface area contributed by atoms with Crippen LogP contribution in [0, 0.1) is 5.92 Å². The first-order valence-electron chi connectivity index (χ1n) is 7.13. The third kappa shape index (κ3) is 5.79. The summed E-state index contributed by atoms with van der Waals surface area (Å²) in [5.41, 5.74) is 5.80. The Kier molecular flexibility index (Phi) is 7.48. The normalized spacial score (nSPS) is 10.6. The van der Waals surface area contributed by atoms with E-state index in [0.29, 0.717) is 24.8 Å².